The number of rotatable bonds is 8. The second kappa shape index (κ2) is 11.7. The van der Waals surface area contributed by atoms with Gasteiger partial charge in [0.25, 0.3) is 0 Å². The van der Waals surface area contributed by atoms with Crippen molar-refractivity contribution in [3.8, 4) is 57.3 Å². The lowest BCUT2D eigenvalue weighted by atomic mass is 9.85. The van der Waals surface area contributed by atoms with Gasteiger partial charge in [-0.3, -0.25) is 9.59 Å². The molecule has 0 bridgehead atoms. The van der Waals surface area contributed by atoms with Crippen LogP contribution in [0.1, 0.15) is 29.0 Å². The Morgan fingerprint density at radius 1 is 0.822 bits per heavy atom. The summed E-state index contributed by atoms with van der Waals surface area (Å²) in [5.41, 5.74) is 0.966. The average Bonchev–Trinajstić information content (AvgIpc) is 3.03. The number of esters is 1. The second-order valence-electron chi connectivity index (χ2n) is 10.4. The van der Waals surface area contributed by atoms with Crippen LogP contribution in [0.15, 0.2) is 75.9 Å². The molecular formula is C34H28O11. The van der Waals surface area contributed by atoms with Gasteiger partial charge in [0.05, 0.1) is 27.2 Å². The van der Waals surface area contributed by atoms with Crippen molar-refractivity contribution in [2.75, 3.05) is 20.8 Å². The smallest absolute Gasteiger partial charge is 0.312 e. The quantitative estimate of drug-likeness (QED) is 0.101. The van der Waals surface area contributed by atoms with E-state index in [0.29, 0.717) is 30.1 Å². The number of aromatic hydroxyl groups is 4. The first-order valence-corrected chi connectivity index (χ1v) is 13.9. The van der Waals surface area contributed by atoms with Gasteiger partial charge in [-0.25, -0.2) is 0 Å². The SMILES string of the molecule is COc1ccc(CCOc2cc([C@H]3CC(=O)Oc4cc(O)c5c(=O)c(O)c(-c6ccc(O)c(O)c6)oc5c43)ccc2OC)cc1. The van der Waals surface area contributed by atoms with Crippen LogP contribution in [0.3, 0.4) is 0 Å². The molecule has 1 aliphatic rings. The fourth-order valence-corrected chi connectivity index (χ4v) is 5.42. The van der Waals surface area contributed by atoms with Crippen LogP contribution in [0.4, 0.5) is 0 Å². The highest BCUT2D eigenvalue weighted by Gasteiger charge is 2.35. The predicted octanol–water partition coefficient (Wildman–Crippen LogP) is 5.36. The van der Waals surface area contributed by atoms with Crippen molar-refractivity contribution in [1.29, 1.82) is 0 Å². The van der Waals surface area contributed by atoms with Crippen LogP contribution < -0.4 is 24.4 Å². The fraction of sp³-hybridized carbons (Fsp3) is 0.176. The third-order valence-corrected chi connectivity index (χ3v) is 7.70. The zero-order valence-corrected chi connectivity index (χ0v) is 24.2. The Morgan fingerprint density at radius 2 is 1.60 bits per heavy atom. The minimum Gasteiger partial charge on any atom is -0.507 e. The first-order valence-electron chi connectivity index (χ1n) is 13.9. The molecule has 0 saturated carbocycles. The molecule has 0 amide bonds. The van der Waals surface area contributed by atoms with Crippen molar-refractivity contribution in [1.82, 2.24) is 0 Å². The summed E-state index contributed by atoms with van der Waals surface area (Å²) in [5, 5.41) is 41.0. The molecule has 0 aliphatic carbocycles. The minimum absolute atomic E-state index is 0.0209. The molecule has 0 fully saturated rings. The highest BCUT2D eigenvalue weighted by molar-refractivity contribution is 5.94. The fourth-order valence-electron chi connectivity index (χ4n) is 5.42. The Labute approximate surface area is 256 Å². The summed E-state index contributed by atoms with van der Waals surface area (Å²) in [6.07, 6.45) is 0.467. The topological polar surface area (TPSA) is 165 Å². The number of benzene rings is 4. The van der Waals surface area contributed by atoms with E-state index in [-0.39, 0.29) is 40.0 Å². The summed E-state index contributed by atoms with van der Waals surface area (Å²) in [7, 11) is 3.11. The molecule has 230 valence electrons. The molecule has 2 heterocycles. The van der Waals surface area contributed by atoms with Gasteiger partial charge in [0.1, 0.15) is 28.2 Å². The van der Waals surface area contributed by atoms with E-state index in [2.05, 4.69) is 0 Å². The van der Waals surface area contributed by atoms with Crippen molar-refractivity contribution in [3.63, 3.8) is 0 Å². The molecule has 1 atom stereocenters. The van der Waals surface area contributed by atoms with Crippen LogP contribution in [0.5, 0.6) is 46.0 Å². The number of phenols is 3. The first-order chi connectivity index (χ1) is 21.7. The van der Waals surface area contributed by atoms with Crippen molar-refractivity contribution in [2.45, 2.75) is 18.8 Å². The molecule has 0 saturated heterocycles. The molecule has 11 heteroatoms. The minimum atomic E-state index is -0.938. The van der Waals surface area contributed by atoms with E-state index in [4.69, 9.17) is 23.4 Å². The van der Waals surface area contributed by atoms with Gasteiger partial charge in [-0.1, -0.05) is 18.2 Å². The van der Waals surface area contributed by atoms with Gasteiger partial charge >= 0.3 is 5.97 Å². The van der Waals surface area contributed by atoms with Crippen LogP contribution in [-0.2, 0) is 11.2 Å². The van der Waals surface area contributed by atoms with Gasteiger partial charge in [0.15, 0.2) is 28.8 Å². The van der Waals surface area contributed by atoms with Gasteiger partial charge in [0, 0.05) is 29.5 Å². The Kier molecular flexibility index (Phi) is 7.59. The molecule has 1 aliphatic heterocycles. The normalized spacial score (nSPS) is 14.1. The highest BCUT2D eigenvalue weighted by Crippen LogP contribution is 2.48. The standard InChI is InChI=1S/C34H28O11/c1-41-20-7-3-17(4-8-20)11-12-43-26-14-18(6-10-25(26)42-2)21-15-28(38)44-27-16-24(37)30-31(39)32(40)33(45-34(30)29(21)27)19-5-9-22(35)23(36)13-19/h3-10,13-14,16,21,35-37,40H,11-12,15H2,1-2H3/t21-/m1/s1. The Morgan fingerprint density at radius 3 is 2.31 bits per heavy atom. The van der Waals surface area contributed by atoms with Crippen LogP contribution in [0.25, 0.3) is 22.3 Å². The highest BCUT2D eigenvalue weighted by atomic mass is 16.5. The number of hydrogen-bond donors (Lipinski definition) is 4. The lowest BCUT2D eigenvalue weighted by Gasteiger charge is -2.26. The molecule has 6 rings (SSSR count). The summed E-state index contributed by atoms with van der Waals surface area (Å²) in [6, 6.07) is 17.6. The van der Waals surface area contributed by atoms with Crippen molar-refractivity contribution in [3.05, 3.63) is 93.6 Å². The maximum absolute atomic E-state index is 13.4. The van der Waals surface area contributed by atoms with Gasteiger partial charge < -0.3 is 43.8 Å². The molecule has 45 heavy (non-hydrogen) atoms. The van der Waals surface area contributed by atoms with E-state index < -0.39 is 40.3 Å². The second-order valence-corrected chi connectivity index (χ2v) is 10.4. The maximum Gasteiger partial charge on any atom is 0.312 e. The number of ether oxygens (including phenoxy) is 4. The van der Waals surface area contributed by atoms with Crippen LogP contribution in [0.2, 0.25) is 0 Å². The largest absolute Gasteiger partial charge is 0.507 e. The van der Waals surface area contributed by atoms with Crippen molar-refractivity contribution < 1.29 is 48.6 Å². The van der Waals surface area contributed by atoms with Gasteiger partial charge in [-0.2, -0.15) is 0 Å². The molecule has 11 nitrogen and oxygen atoms in total. The maximum atomic E-state index is 13.4. The predicted molar refractivity (Wildman–Crippen MR) is 162 cm³/mol. The zero-order chi connectivity index (χ0) is 31.8. The molecule has 1 aromatic heterocycles. The van der Waals surface area contributed by atoms with Gasteiger partial charge in [0.2, 0.25) is 11.2 Å². The lowest BCUT2D eigenvalue weighted by molar-refractivity contribution is -0.135. The van der Waals surface area contributed by atoms with E-state index in [0.717, 1.165) is 23.4 Å². The third-order valence-electron chi connectivity index (χ3n) is 7.70. The summed E-state index contributed by atoms with van der Waals surface area (Å²) in [4.78, 5) is 26.1. The summed E-state index contributed by atoms with van der Waals surface area (Å²) < 4.78 is 28.4. The van der Waals surface area contributed by atoms with Gasteiger partial charge in [-0.15, -0.1) is 0 Å². The molecule has 5 aromatic rings. The number of carbonyl (C=O) groups is 1. The zero-order valence-electron chi connectivity index (χ0n) is 24.2. The Hall–Kier alpha value is -5.84. The Balaban J connectivity index is 1.44. The monoisotopic (exact) mass is 612 g/mol. The van der Waals surface area contributed by atoms with Crippen molar-refractivity contribution >= 4 is 16.9 Å². The molecular weight excluding hydrogens is 584 g/mol. The first kappa shape index (κ1) is 29.2. The lowest BCUT2D eigenvalue weighted by Crippen LogP contribution is -2.22. The molecule has 4 aromatic carbocycles. The number of carbonyl (C=O) groups excluding carboxylic acids is 1. The van der Waals surface area contributed by atoms with Crippen molar-refractivity contribution in [2.24, 2.45) is 0 Å². The summed E-state index contributed by atoms with van der Waals surface area (Å²) in [6.45, 7) is 0.323. The number of phenolic OH excluding ortho intramolecular Hbond substituents is 3. The number of fused-ring (bicyclic) bond motifs is 3. The van der Waals surface area contributed by atoms with E-state index in [1.54, 1.807) is 25.3 Å². The molecule has 0 unspecified atom stereocenters. The third kappa shape index (κ3) is 5.40. The average molecular weight is 613 g/mol. The van der Waals surface area contributed by atoms with Crippen LogP contribution in [-0.4, -0.2) is 47.2 Å². The summed E-state index contributed by atoms with van der Waals surface area (Å²) >= 11 is 0. The van der Waals surface area contributed by atoms with E-state index in [1.807, 2.05) is 24.3 Å². The summed E-state index contributed by atoms with van der Waals surface area (Å²) in [5.74, 6) is -2.27. The molecule has 0 spiro atoms. The number of methoxy groups -OCH3 is 2. The number of hydrogen-bond acceptors (Lipinski definition) is 11. The Bertz CT molecular complexity index is 1990. The van der Waals surface area contributed by atoms with E-state index >= 15 is 0 Å². The van der Waals surface area contributed by atoms with E-state index in [1.165, 1.54) is 19.2 Å². The van der Waals surface area contributed by atoms with Crippen LogP contribution in [0, 0.1) is 0 Å². The van der Waals surface area contributed by atoms with Gasteiger partial charge in [-0.05, 0) is 53.6 Å². The van der Waals surface area contributed by atoms with E-state index in [9.17, 15) is 30.0 Å². The van der Waals surface area contributed by atoms with Crippen LogP contribution >= 0.6 is 0 Å². The molecule has 4 N–H and O–H groups in total. The molecule has 0 radical (unpaired) electrons.